The number of amides is 1. The number of hydrogen-bond donors (Lipinski definition) is 6. The third-order valence-corrected chi connectivity index (χ3v) is 14.8. The van der Waals surface area contributed by atoms with Gasteiger partial charge in [0.1, 0.15) is 24.4 Å². The molecular formula is C66H119NO10. The van der Waals surface area contributed by atoms with Crippen LogP contribution >= 0.6 is 0 Å². The van der Waals surface area contributed by atoms with E-state index in [-0.39, 0.29) is 18.5 Å². The first kappa shape index (κ1) is 72.4. The van der Waals surface area contributed by atoms with E-state index in [1.807, 2.05) is 6.08 Å². The Labute approximate surface area is 471 Å². The van der Waals surface area contributed by atoms with Gasteiger partial charge in [-0.25, -0.2) is 0 Å². The standard InChI is InChI=1S/C66H119NO10/c1-3-5-7-9-11-13-15-34-38-42-46-50-54-62(71)75-55-51-47-43-39-35-32-30-28-26-24-22-20-18-16-17-19-21-23-25-27-29-31-33-37-41-45-49-53-61(70)67-58(57-76-66-65(74)64(73)63(72)60(56-68)77-66)59(69)52-48-44-40-36-14-12-10-8-6-4-2/h6,8,14,16-17,20,22,36,48,52,58-60,63-66,68-69,72-74H,3-5,7,9-13,15,18-19,21,23-35,37-47,49-51,53-57H2,1-2H3,(H,67,70)/b8-6+,17-16-,22-20-,36-14+,52-48+. The van der Waals surface area contributed by atoms with Crippen LogP contribution in [0.1, 0.15) is 284 Å². The normalized spacial score (nSPS) is 19.0. The van der Waals surface area contributed by atoms with Gasteiger partial charge in [-0.05, 0) is 83.5 Å². The minimum atomic E-state index is -1.58. The first-order chi connectivity index (χ1) is 37.7. The summed E-state index contributed by atoms with van der Waals surface area (Å²) in [5.74, 6) is -0.202. The summed E-state index contributed by atoms with van der Waals surface area (Å²) in [5.41, 5.74) is 0. The summed E-state index contributed by atoms with van der Waals surface area (Å²) in [6, 6.07) is -0.837. The highest BCUT2D eigenvalue weighted by molar-refractivity contribution is 5.76. The summed E-state index contributed by atoms with van der Waals surface area (Å²) in [6.07, 6.45) is 62.1. The maximum atomic E-state index is 13.0. The number of esters is 1. The number of allylic oxidation sites excluding steroid dienone is 9. The van der Waals surface area contributed by atoms with E-state index in [4.69, 9.17) is 14.2 Å². The van der Waals surface area contributed by atoms with Gasteiger partial charge in [0.25, 0.3) is 0 Å². The Kier molecular flexibility index (Phi) is 52.0. The fourth-order valence-electron chi connectivity index (χ4n) is 9.80. The molecule has 1 rings (SSSR count). The summed E-state index contributed by atoms with van der Waals surface area (Å²) in [5, 5.41) is 54.2. The number of nitrogens with one attached hydrogen (secondary N) is 1. The number of hydrogen-bond acceptors (Lipinski definition) is 10. The van der Waals surface area contributed by atoms with Crippen molar-refractivity contribution in [2.75, 3.05) is 19.8 Å². The van der Waals surface area contributed by atoms with Gasteiger partial charge >= 0.3 is 5.97 Å². The van der Waals surface area contributed by atoms with Gasteiger partial charge in [0.05, 0.1) is 32.0 Å². The molecule has 1 saturated heterocycles. The average Bonchev–Trinajstić information content (AvgIpc) is 3.43. The SMILES string of the molecule is CC/C=C/CC/C=C/CC/C=C/C(O)C(COC1OC(CO)C(O)C(O)C1O)NC(=O)CCCCCCCCCCCCC/C=C\C/C=C\CCCCCCCCCCCOC(=O)CCCCCCCCCCCCCC. The molecule has 1 heterocycles. The minimum Gasteiger partial charge on any atom is -0.466 e. The van der Waals surface area contributed by atoms with Gasteiger partial charge in [-0.15, -0.1) is 0 Å². The first-order valence-electron chi connectivity index (χ1n) is 32.1. The molecule has 1 fully saturated rings. The van der Waals surface area contributed by atoms with Crippen LogP contribution in [0, 0.1) is 0 Å². The van der Waals surface area contributed by atoms with E-state index in [0.29, 0.717) is 19.4 Å². The number of unbranched alkanes of at least 4 members (excludes halogenated alkanes) is 33. The Morgan fingerprint density at radius 2 is 0.922 bits per heavy atom. The topological polar surface area (TPSA) is 175 Å². The van der Waals surface area contributed by atoms with Crippen molar-refractivity contribution in [3.63, 3.8) is 0 Å². The molecule has 448 valence electrons. The maximum absolute atomic E-state index is 13.0. The highest BCUT2D eigenvalue weighted by atomic mass is 16.7. The third-order valence-electron chi connectivity index (χ3n) is 14.8. The fraction of sp³-hybridized carbons (Fsp3) is 0.818. The second kappa shape index (κ2) is 55.3. The van der Waals surface area contributed by atoms with Crippen molar-refractivity contribution in [2.45, 2.75) is 326 Å². The van der Waals surface area contributed by atoms with Crippen molar-refractivity contribution in [3.8, 4) is 0 Å². The summed E-state index contributed by atoms with van der Waals surface area (Å²) in [7, 11) is 0. The lowest BCUT2D eigenvalue weighted by Gasteiger charge is -2.40. The minimum absolute atomic E-state index is 0.000615. The number of carbonyl (C=O) groups is 2. The first-order valence-corrected chi connectivity index (χ1v) is 32.1. The molecule has 0 aromatic rings. The smallest absolute Gasteiger partial charge is 0.305 e. The van der Waals surface area contributed by atoms with Gasteiger partial charge in [-0.2, -0.15) is 0 Å². The molecule has 77 heavy (non-hydrogen) atoms. The predicted molar refractivity (Wildman–Crippen MR) is 320 cm³/mol. The van der Waals surface area contributed by atoms with Gasteiger partial charge < -0.3 is 45.1 Å². The number of ether oxygens (including phenoxy) is 3. The van der Waals surface area contributed by atoms with Crippen LogP contribution in [0.5, 0.6) is 0 Å². The second-order valence-corrected chi connectivity index (χ2v) is 22.1. The molecule has 1 amide bonds. The molecular weight excluding hydrogens is 967 g/mol. The summed E-state index contributed by atoms with van der Waals surface area (Å²) < 4.78 is 16.7. The molecule has 11 nitrogen and oxygen atoms in total. The van der Waals surface area contributed by atoms with Crippen LogP contribution in [0.4, 0.5) is 0 Å². The van der Waals surface area contributed by atoms with Gasteiger partial charge in [-0.3, -0.25) is 9.59 Å². The van der Waals surface area contributed by atoms with Gasteiger partial charge in [-0.1, -0.05) is 248 Å². The molecule has 6 N–H and O–H groups in total. The largest absolute Gasteiger partial charge is 0.466 e. The maximum Gasteiger partial charge on any atom is 0.305 e. The number of rotatable bonds is 55. The van der Waals surface area contributed by atoms with Crippen molar-refractivity contribution >= 4 is 11.9 Å². The summed E-state index contributed by atoms with van der Waals surface area (Å²) in [4.78, 5) is 25.0. The molecule has 11 heteroatoms. The summed E-state index contributed by atoms with van der Waals surface area (Å²) >= 11 is 0. The number of aliphatic hydroxyl groups excluding tert-OH is 5. The van der Waals surface area contributed by atoms with Crippen LogP contribution < -0.4 is 5.32 Å². The number of carbonyl (C=O) groups excluding carboxylic acids is 2. The second-order valence-electron chi connectivity index (χ2n) is 22.1. The van der Waals surface area contributed by atoms with E-state index in [2.05, 4.69) is 67.8 Å². The van der Waals surface area contributed by atoms with Gasteiger partial charge in [0, 0.05) is 12.8 Å². The molecule has 0 spiro atoms. The molecule has 7 atom stereocenters. The fourth-order valence-corrected chi connectivity index (χ4v) is 9.80. The molecule has 0 aromatic carbocycles. The van der Waals surface area contributed by atoms with Crippen molar-refractivity contribution in [1.29, 1.82) is 0 Å². The molecule has 0 aromatic heterocycles. The molecule has 0 saturated carbocycles. The van der Waals surface area contributed by atoms with Gasteiger partial charge in [0.15, 0.2) is 6.29 Å². The number of aliphatic hydroxyl groups is 5. The van der Waals surface area contributed by atoms with E-state index in [0.717, 1.165) is 83.5 Å². The van der Waals surface area contributed by atoms with Crippen molar-refractivity contribution < 1.29 is 49.3 Å². The van der Waals surface area contributed by atoms with E-state index in [9.17, 15) is 35.1 Å². The Hall–Kier alpha value is -2.64. The quantitative estimate of drug-likeness (QED) is 0.0195. The lowest BCUT2D eigenvalue weighted by molar-refractivity contribution is -0.302. The van der Waals surface area contributed by atoms with Crippen molar-refractivity contribution in [2.24, 2.45) is 0 Å². The third kappa shape index (κ3) is 44.8. The van der Waals surface area contributed by atoms with Crippen LogP contribution in [0.25, 0.3) is 0 Å². The summed E-state index contributed by atoms with van der Waals surface area (Å²) in [6.45, 7) is 4.20. The van der Waals surface area contributed by atoms with Crippen molar-refractivity contribution in [3.05, 3.63) is 60.8 Å². The predicted octanol–water partition coefficient (Wildman–Crippen LogP) is 15.4. The highest BCUT2D eigenvalue weighted by Gasteiger charge is 2.44. The average molecular weight is 1090 g/mol. The molecule has 1 aliphatic rings. The van der Waals surface area contributed by atoms with E-state index in [1.54, 1.807) is 6.08 Å². The molecule has 0 aliphatic carbocycles. The monoisotopic (exact) mass is 1090 g/mol. The van der Waals surface area contributed by atoms with Crippen LogP contribution in [0.2, 0.25) is 0 Å². The Balaban J connectivity index is 2.00. The van der Waals surface area contributed by atoms with E-state index in [1.165, 1.54) is 173 Å². The van der Waals surface area contributed by atoms with E-state index < -0.39 is 49.5 Å². The zero-order valence-corrected chi connectivity index (χ0v) is 49.4. The van der Waals surface area contributed by atoms with Crippen LogP contribution in [-0.4, -0.2) is 100 Å². The lowest BCUT2D eigenvalue weighted by Crippen LogP contribution is -2.60. The Bertz CT molecular complexity index is 1460. The van der Waals surface area contributed by atoms with Gasteiger partial charge in [0.2, 0.25) is 5.91 Å². The zero-order chi connectivity index (χ0) is 55.9. The molecule has 1 aliphatic heterocycles. The highest BCUT2D eigenvalue weighted by Crippen LogP contribution is 2.23. The molecule has 7 unspecified atom stereocenters. The van der Waals surface area contributed by atoms with E-state index >= 15 is 0 Å². The zero-order valence-electron chi connectivity index (χ0n) is 49.4. The Morgan fingerprint density at radius 1 is 0.494 bits per heavy atom. The molecule has 0 bridgehead atoms. The van der Waals surface area contributed by atoms with Crippen LogP contribution in [0.15, 0.2) is 60.8 Å². The van der Waals surface area contributed by atoms with Crippen LogP contribution in [-0.2, 0) is 23.8 Å². The van der Waals surface area contributed by atoms with Crippen LogP contribution in [0.3, 0.4) is 0 Å². The van der Waals surface area contributed by atoms with Crippen molar-refractivity contribution in [1.82, 2.24) is 5.32 Å². The molecule has 0 radical (unpaired) electrons. The Morgan fingerprint density at radius 3 is 1.42 bits per heavy atom. The lowest BCUT2D eigenvalue weighted by atomic mass is 9.99.